The summed E-state index contributed by atoms with van der Waals surface area (Å²) in [5.41, 5.74) is 0.214. The lowest BCUT2D eigenvalue weighted by atomic mass is 9.73. The highest BCUT2D eigenvalue weighted by Crippen LogP contribution is 2.39. The molecule has 2 aliphatic heterocycles. The maximum absolute atomic E-state index is 12.2. The van der Waals surface area contributed by atoms with Crippen LogP contribution in [0.15, 0.2) is 4.52 Å². The Morgan fingerprint density at radius 3 is 2.92 bits per heavy atom. The molecule has 1 amide bonds. The second kappa shape index (κ2) is 7.19. The van der Waals surface area contributed by atoms with Crippen molar-refractivity contribution in [3.8, 4) is 0 Å². The smallest absolute Gasteiger partial charge is 0.240 e. The van der Waals surface area contributed by atoms with Crippen molar-refractivity contribution in [2.75, 3.05) is 26.7 Å². The molecule has 7 heteroatoms. The summed E-state index contributed by atoms with van der Waals surface area (Å²) in [5, 5.41) is 3.93. The van der Waals surface area contributed by atoms with Gasteiger partial charge in [-0.1, -0.05) is 5.16 Å². The first-order valence-electron chi connectivity index (χ1n) is 8.83. The minimum absolute atomic E-state index is 0.214. The fraction of sp³-hybridized carbons (Fsp3) is 0.824. The minimum atomic E-state index is 0.214. The molecule has 7 nitrogen and oxygen atoms in total. The van der Waals surface area contributed by atoms with Crippen molar-refractivity contribution >= 4 is 5.91 Å². The normalized spacial score (nSPS) is 25.8. The first-order valence-corrected chi connectivity index (χ1v) is 8.83. The summed E-state index contributed by atoms with van der Waals surface area (Å²) in [6, 6.07) is 0.276. The molecule has 134 valence electrons. The molecule has 0 aliphatic carbocycles. The van der Waals surface area contributed by atoms with E-state index in [1.807, 2.05) is 0 Å². The van der Waals surface area contributed by atoms with Crippen molar-refractivity contribution < 1.29 is 14.1 Å². The van der Waals surface area contributed by atoms with E-state index in [2.05, 4.69) is 33.8 Å². The van der Waals surface area contributed by atoms with Crippen molar-refractivity contribution in [1.29, 1.82) is 0 Å². The molecular formula is C17H28N4O3. The molecular weight excluding hydrogens is 308 g/mol. The van der Waals surface area contributed by atoms with Crippen LogP contribution in [0.1, 0.15) is 51.2 Å². The van der Waals surface area contributed by atoms with Crippen LogP contribution in [0.2, 0.25) is 0 Å². The van der Waals surface area contributed by atoms with Gasteiger partial charge in [-0.2, -0.15) is 4.98 Å². The summed E-state index contributed by atoms with van der Waals surface area (Å²) in [4.78, 5) is 21.0. The Hall–Kier alpha value is -1.47. The summed E-state index contributed by atoms with van der Waals surface area (Å²) in [5.74, 6) is 1.54. The molecule has 0 unspecified atom stereocenters. The summed E-state index contributed by atoms with van der Waals surface area (Å²) >= 11 is 0. The topological polar surface area (TPSA) is 71.7 Å². The summed E-state index contributed by atoms with van der Waals surface area (Å²) in [6.07, 6.45) is 4.01. The number of carbonyl (C=O) groups excluding carboxylic acids is 1. The fourth-order valence-electron chi connectivity index (χ4n) is 4.03. The molecule has 1 aromatic rings. The highest BCUT2D eigenvalue weighted by molar-refractivity contribution is 5.77. The number of methoxy groups -OCH3 is 1. The monoisotopic (exact) mass is 336 g/mol. The Labute approximate surface area is 143 Å². The maximum Gasteiger partial charge on any atom is 0.240 e. The third-order valence-corrected chi connectivity index (χ3v) is 5.20. The van der Waals surface area contributed by atoms with E-state index in [1.165, 1.54) is 6.42 Å². The van der Waals surface area contributed by atoms with E-state index >= 15 is 0 Å². The average Bonchev–Trinajstić information content (AvgIpc) is 2.98. The van der Waals surface area contributed by atoms with Gasteiger partial charge in [0.15, 0.2) is 5.82 Å². The fourth-order valence-corrected chi connectivity index (χ4v) is 4.03. The predicted octanol–water partition coefficient (Wildman–Crippen LogP) is 1.83. The molecule has 1 spiro atoms. The van der Waals surface area contributed by atoms with Crippen molar-refractivity contribution in [1.82, 2.24) is 19.9 Å². The van der Waals surface area contributed by atoms with Crippen LogP contribution in [0.5, 0.6) is 0 Å². The van der Waals surface area contributed by atoms with Gasteiger partial charge in [-0.3, -0.25) is 9.69 Å². The van der Waals surface area contributed by atoms with Gasteiger partial charge in [0.05, 0.1) is 6.54 Å². The SMILES string of the molecule is COCc1noc(CN2CCC[C@]3(CCC(=O)N(C(C)C)C3)C2)n1. The molecule has 0 N–H and O–H groups in total. The van der Waals surface area contributed by atoms with Crippen molar-refractivity contribution in [3.63, 3.8) is 0 Å². The summed E-state index contributed by atoms with van der Waals surface area (Å²) < 4.78 is 10.4. The lowest BCUT2D eigenvalue weighted by Crippen LogP contribution is -2.55. The second-order valence-electron chi connectivity index (χ2n) is 7.47. The van der Waals surface area contributed by atoms with Gasteiger partial charge < -0.3 is 14.2 Å². The number of likely N-dealkylation sites (tertiary alicyclic amines) is 2. The number of carbonyl (C=O) groups is 1. The molecule has 0 aromatic carbocycles. The quantitative estimate of drug-likeness (QED) is 0.817. The van der Waals surface area contributed by atoms with Gasteiger partial charge in [-0.05, 0) is 39.7 Å². The van der Waals surface area contributed by atoms with Gasteiger partial charge >= 0.3 is 0 Å². The van der Waals surface area contributed by atoms with E-state index in [9.17, 15) is 4.79 Å². The van der Waals surface area contributed by atoms with Gasteiger partial charge in [0, 0.05) is 38.1 Å². The zero-order valence-electron chi connectivity index (χ0n) is 15.0. The molecule has 2 saturated heterocycles. The molecule has 24 heavy (non-hydrogen) atoms. The highest BCUT2D eigenvalue weighted by atomic mass is 16.5. The van der Waals surface area contributed by atoms with Crippen molar-refractivity contribution in [3.05, 3.63) is 11.7 Å². The number of piperidine rings is 2. The molecule has 0 saturated carbocycles. The molecule has 0 bridgehead atoms. The molecule has 2 fully saturated rings. The van der Waals surface area contributed by atoms with Crippen LogP contribution in [0.25, 0.3) is 0 Å². The van der Waals surface area contributed by atoms with E-state index in [4.69, 9.17) is 9.26 Å². The van der Waals surface area contributed by atoms with Crippen LogP contribution >= 0.6 is 0 Å². The number of aromatic nitrogens is 2. The van der Waals surface area contributed by atoms with Crippen LogP contribution in [0.3, 0.4) is 0 Å². The van der Waals surface area contributed by atoms with Gasteiger partial charge in [-0.15, -0.1) is 0 Å². The first-order chi connectivity index (χ1) is 11.5. The van der Waals surface area contributed by atoms with Gasteiger partial charge in [0.1, 0.15) is 6.61 Å². The van der Waals surface area contributed by atoms with E-state index in [1.54, 1.807) is 7.11 Å². The number of hydrogen-bond donors (Lipinski definition) is 0. The Bertz CT molecular complexity index is 574. The Balaban J connectivity index is 1.64. The molecule has 2 aliphatic rings. The van der Waals surface area contributed by atoms with E-state index in [-0.39, 0.29) is 11.5 Å². The predicted molar refractivity (Wildman–Crippen MR) is 88.0 cm³/mol. The number of hydrogen-bond acceptors (Lipinski definition) is 6. The van der Waals surface area contributed by atoms with Gasteiger partial charge in [0.25, 0.3) is 0 Å². The van der Waals surface area contributed by atoms with Crippen LogP contribution in [-0.2, 0) is 22.7 Å². The van der Waals surface area contributed by atoms with E-state index in [0.29, 0.717) is 37.2 Å². The van der Waals surface area contributed by atoms with Crippen LogP contribution in [0.4, 0.5) is 0 Å². The standard InChI is InChI=1S/C17H28N4O3/c1-13(2)21-12-17(7-5-16(21)22)6-4-8-20(11-17)9-15-18-14(10-23-3)19-24-15/h13H,4-12H2,1-3H3/t17-/m0/s1. The lowest BCUT2D eigenvalue weighted by molar-refractivity contribution is -0.141. The first kappa shape index (κ1) is 17.4. The van der Waals surface area contributed by atoms with Gasteiger partial charge in [0.2, 0.25) is 11.8 Å². The molecule has 3 heterocycles. The average molecular weight is 336 g/mol. The highest BCUT2D eigenvalue weighted by Gasteiger charge is 2.42. The largest absolute Gasteiger partial charge is 0.377 e. The van der Waals surface area contributed by atoms with E-state index in [0.717, 1.165) is 32.5 Å². The van der Waals surface area contributed by atoms with Crippen molar-refractivity contribution in [2.45, 2.75) is 58.7 Å². The summed E-state index contributed by atoms with van der Waals surface area (Å²) in [6.45, 7) is 8.16. The maximum atomic E-state index is 12.2. The molecule has 1 aromatic heterocycles. The molecule has 0 radical (unpaired) electrons. The molecule has 1 atom stereocenters. The third kappa shape index (κ3) is 3.78. The number of amides is 1. The third-order valence-electron chi connectivity index (χ3n) is 5.20. The van der Waals surface area contributed by atoms with Gasteiger partial charge in [-0.25, -0.2) is 0 Å². The minimum Gasteiger partial charge on any atom is -0.377 e. The molecule has 3 rings (SSSR count). The second-order valence-corrected chi connectivity index (χ2v) is 7.47. The zero-order chi connectivity index (χ0) is 17.2. The summed E-state index contributed by atoms with van der Waals surface area (Å²) in [7, 11) is 1.62. The van der Waals surface area contributed by atoms with Crippen LogP contribution < -0.4 is 0 Å². The van der Waals surface area contributed by atoms with Crippen LogP contribution in [0, 0.1) is 5.41 Å². The lowest BCUT2D eigenvalue weighted by Gasteiger charge is -2.49. The Kier molecular flexibility index (Phi) is 5.20. The van der Waals surface area contributed by atoms with Crippen molar-refractivity contribution in [2.24, 2.45) is 5.41 Å². The van der Waals surface area contributed by atoms with E-state index < -0.39 is 0 Å². The number of ether oxygens (including phenoxy) is 1. The Morgan fingerprint density at radius 1 is 1.33 bits per heavy atom. The zero-order valence-corrected chi connectivity index (χ0v) is 15.0. The number of rotatable bonds is 5. The number of nitrogens with zero attached hydrogens (tertiary/aromatic N) is 4. The van der Waals surface area contributed by atoms with Crippen LogP contribution in [-0.4, -0.2) is 58.6 Å². The Morgan fingerprint density at radius 2 is 2.17 bits per heavy atom.